The molecular weight excluding hydrogens is 463 g/mol. The Morgan fingerprint density at radius 3 is 1.81 bits per heavy atom. The molecule has 0 saturated carbocycles. The van der Waals surface area contributed by atoms with E-state index in [-0.39, 0.29) is 12.4 Å². The van der Waals surface area contributed by atoms with Gasteiger partial charge in [-0.2, -0.15) is 48.3 Å². The molecule has 1 amide bonds. The third kappa shape index (κ3) is 5.89. The number of amides is 1. The average Bonchev–Trinajstić information content (AvgIpc) is 2.60. The van der Waals surface area contributed by atoms with Crippen molar-refractivity contribution in [3.05, 3.63) is 24.3 Å². The normalized spacial score (nSPS) is 15.4. The predicted octanol–water partition coefficient (Wildman–Crippen LogP) is 5.84. The van der Waals surface area contributed by atoms with Crippen LogP contribution in [0.4, 0.5) is 54.0 Å². The topological polar surface area (TPSA) is 47.6 Å². The molecule has 4 nitrogen and oxygen atoms in total. The van der Waals surface area contributed by atoms with Gasteiger partial charge in [0.1, 0.15) is 5.75 Å². The molecule has 0 radical (unpaired) electrons. The molecule has 1 atom stereocenters. The molecule has 1 N–H and O–H groups in total. The van der Waals surface area contributed by atoms with Crippen LogP contribution in [0.3, 0.4) is 0 Å². The molecule has 0 aliphatic carbocycles. The minimum atomic E-state index is -7.25. The third-order valence-electron chi connectivity index (χ3n) is 3.53. The van der Waals surface area contributed by atoms with Gasteiger partial charge < -0.3 is 10.1 Å². The molecule has 1 rings (SSSR count). The number of hydrogen-bond acceptors (Lipinski definition) is 3. The molecule has 0 saturated heterocycles. The van der Waals surface area contributed by atoms with E-state index in [1.54, 1.807) is 0 Å². The molecule has 0 unspecified atom stereocenters. The zero-order valence-electron chi connectivity index (χ0n) is 15.3. The lowest BCUT2D eigenvalue weighted by Crippen LogP contribution is -2.62. The third-order valence-corrected chi connectivity index (χ3v) is 3.53. The van der Waals surface area contributed by atoms with Crippen LogP contribution in [0.2, 0.25) is 0 Å². The zero-order valence-corrected chi connectivity index (χ0v) is 15.3. The Bertz CT molecular complexity index is 747. The van der Waals surface area contributed by atoms with Crippen molar-refractivity contribution in [1.29, 1.82) is 0 Å². The number of benzene rings is 1. The number of halogens is 11. The SMILES string of the molecule is CCCCOc1ccc(NC(=O)[C@@](F)(OC(F)(F)C(F)(F)C(F)(F)F)C(F)(F)F)cc1. The highest BCUT2D eigenvalue weighted by Crippen LogP contribution is 2.51. The molecule has 0 heterocycles. The summed E-state index contributed by atoms with van der Waals surface area (Å²) in [5.74, 6) is -16.5. The van der Waals surface area contributed by atoms with Gasteiger partial charge in [-0.3, -0.25) is 9.53 Å². The van der Waals surface area contributed by atoms with Crippen molar-refractivity contribution in [2.75, 3.05) is 11.9 Å². The molecule has 0 fully saturated rings. The second-order valence-corrected chi connectivity index (χ2v) is 5.96. The summed E-state index contributed by atoms with van der Waals surface area (Å²) in [6.07, 6.45) is -19.6. The average molecular weight is 477 g/mol. The van der Waals surface area contributed by atoms with Gasteiger partial charge in [0.15, 0.2) is 0 Å². The van der Waals surface area contributed by atoms with Gasteiger partial charge in [0.05, 0.1) is 6.61 Å². The van der Waals surface area contributed by atoms with Gasteiger partial charge in [-0.1, -0.05) is 13.3 Å². The van der Waals surface area contributed by atoms with Crippen LogP contribution in [0, 0.1) is 0 Å². The summed E-state index contributed by atoms with van der Waals surface area (Å²) in [4.78, 5) is 11.6. The number of alkyl halides is 11. The standard InChI is InChI=1S/C16H14F11NO3/c1-2-3-8-30-10-6-4-9(5-7-10)28-11(29)12(17,14(20,21)22)31-16(26,27)13(18,19)15(23,24)25/h4-7H,2-3,8H2,1H3,(H,28,29)/t12-/m1/s1. The molecule has 1 aromatic rings. The van der Waals surface area contributed by atoms with Gasteiger partial charge in [0.2, 0.25) is 0 Å². The van der Waals surface area contributed by atoms with E-state index in [1.165, 1.54) is 0 Å². The summed E-state index contributed by atoms with van der Waals surface area (Å²) in [6.45, 7) is 2.10. The number of carbonyl (C=O) groups excluding carboxylic acids is 1. The van der Waals surface area contributed by atoms with Gasteiger partial charge in [0.25, 0.3) is 5.91 Å². The highest BCUT2D eigenvalue weighted by atomic mass is 19.4. The molecule has 15 heteroatoms. The maximum Gasteiger partial charge on any atom is 0.462 e. The molecule has 1 aromatic carbocycles. The highest BCUT2D eigenvalue weighted by molar-refractivity contribution is 5.96. The first kappa shape index (κ1) is 26.7. The lowest BCUT2D eigenvalue weighted by molar-refractivity contribution is -0.472. The Labute approximate surface area is 167 Å². The van der Waals surface area contributed by atoms with E-state index in [1.807, 2.05) is 6.92 Å². The Morgan fingerprint density at radius 1 is 0.871 bits per heavy atom. The fraction of sp³-hybridized carbons (Fsp3) is 0.562. The van der Waals surface area contributed by atoms with Gasteiger partial charge in [-0.15, -0.1) is 0 Å². The summed E-state index contributed by atoms with van der Waals surface area (Å²) in [6, 6.07) is 3.81. The van der Waals surface area contributed by atoms with E-state index in [2.05, 4.69) is 4.74 Å². The molecule has 178 valence electrons. The van der Waals surface area contributed by atoms with Gasteiger partial charge >= 0.3 is 30.2 Å². The van der Waals surface area contributed by atoms with E-state index in [0.29, 0.717) is 6.42 Å². The zero-order chi connectivity index (χ0) is 24.3. The van der Waals surface area contributed by atoms with Crippen molar-refractivity contribution >= 4 is 11.6 Å². The Balaban J connectivity index is 3.12. The predicted molar refractivity (Wildman–Crippen MR) is 82.4 cm³/mol. The van der Waals surface area contributed by atoms with Crippen molar-refractivity contribution in [1.82, 2.24) is 0 Å². The fourth-order valence-corrected chi connectivity index (χ4v) is 1.82. The van der Waals surface area contributed by atoms with Gasteiger partial charge in [-0.25, -0.2) is 0 Å². The summed E-state index contributed by atoms with van der Waals surface area (Å²) in [5.41, 5.74) is -0.659. The van der Waals surface area contributed by atoms with Crippen LogP contribution in [0.1, 0.15) is 19.8 Å². The van der Waals surface area contributed by atoms with Crippen LogP contribution < -0.4 is 10.1 Å². The number of ether oxygens (including phenoxy) is 2. The second kappa shape index (κ2) is 9.04. The number of hydrogen-bond donors (Lipinski definition) is 1. The number of nitrogens with one attached hydrogen (secondary N) is 1. The molecule has 0 aromatic heterocycles. The van der Waals surface area contributed by atoms with E-state index >= 15 is 0 Å². The monoisotopic (exact) mass is 477 g/mol. The molecule has 0 spiro atoms. The fourth-order valence-electron chi connectivity index (χ4n) is 1.82. The van der Waals surface area contributed by atoms with Crippen LogP contribution in [0.25, 0.3) is 0 Å². The first-order valence-electron chi connectivity index (χ1n) is 8.21. The minimum Gasteiger partial charge on any atom is -0.494 e. The molecule has 0 aliphatic heterocycles. The molecule has 0 bridgehead atoms. The van der Waals surface area contributed by atoms with Crippen LogP contribution in [-0.2, 0) is 9.53 Å². The number of carbonyl (C=O) groups is 1. The number of rotatable bonds is 9. The van der Waals surface area contributed by atoms with Crippen molar-refractivity contribution in [2.24, 2.45) is 0 Å². The first-order valence-corrected chi connectivity index (χ1v) is 8.21. The Morgan fingerprint density at radius 2 is 1.39 bits per heavy atom. The van der Waals surface area contributed by atoms with E-state index < -0.39 is 41.8 Å². The molecular formula is C16H14F11NO3. The maximum atomic E-state index is 14.1. The van der Waals surface area contributed by atoms with Gasteiger partial charge in [0, 0.05) is 5.69 Å². The van der Waals surface area contributed by atoms with E-state index in [0.717, 1.165) is 36.0 Å². The van der Waals surface area contributed by atoms with E-state index in [4.69, 9.17) is 4.74 Å². The second-order valence-electron chi connectivity index (χ2n) is 5.96. The number of anilines is 1. The van der Waals surface area contributed by atoms with Crippen molar-refractivity contribution in [3.63, 3.8) is 0 Å². The van der Waals surface area contributed by atoms with Crippen LogP contribution >= 0.6 is 0 Å². The maximum absolute atomic E-state index is 14.1. The van der Waals surface area contributed by atoms with Crippen molar-refractivity contribution in [2.45, 2.75) is 50.0 Å². The highest BCUT2D eigenvalue weighted by Gasteiger charge is 2.79. The van der Waals surface area contributed by atoms with Crippen LogP contribution in [-0.4, -0.2) is 42.8 Å². The molecule has 0 aliphatic rings. The van der Waals surface area contributed by atoms with Crippen LogP contribution in [0.5, 0.6) is 5.75 Å². The smallest absolute Gasteiger partial charge is 0.462 e. The lowest BCUT2D eigenvalue weighted by atomic mass is 10.2. The lowest BCUT2D eigenvalue weighted by Gasteiger charge is -2.34. The quantitative estimate of drug-likeness (QED) is 0.359. The summed E-state index contributed by atoms with van der Waals surface area (Å²) >= 11 is 0. The largest absolute Gasteiger partial charge is 0.494 e. The minimum absolute atomic E-state index is 0.154. The van der Waals surface area contributed by atoms with Crippen molar-refractivity contribution < 1.29 is 62.6 Å². The summed E-state index contributed by atoms with van der Waals surface area (Å²) < 4.78 is 148. The summed E-state index contributed by atoms with van der Waals surface area (Å²) in [7, 11) is 0. The molecule has 31 heavy (non-hydrogen) atoms. The Kier molecular flexibility index (Phi) is 7.79. The van der Waals surface area contributed by atoms with Crippen LogP contribution in [0.15, 0.2) is 24.3 Å². The first-order chi connectivity index (χ1) is 13.9. The summed E-state index contributed by atoms with van der Waals surface area (Å²) in [5, 5.41) is 1.12. The Hall–Kier alpha value is -2.32. The number of unbranched alkanes of at least 4 members (excludes halogenated alkanes) is 1. The van der Waals surface area contributed by atoms with E-state index in [9.17, 15) is 53.1 Å². The van der Waals surface area contributed by atoms with Crippen molar-refractivity contribution in [3.8, 4) is 5.75 Å². The van der Waals surface area contributed by atoms with Gasteiger partial charge in [-0.05, 0) is 30.7 Å².